The van der Waals surface area contributed by atoms with Gasteiger partial charge in [-0.1, -0.05) is 0 Å². The van der Waals surface area contributed by atoms with Gasteiger partial charge in [0.2, 0.25) is 0 Å². The second-order valence-corrected chi connectivity index (χ2v) is 6.11. The van der Waals surface area contributed by atoms with Crippen LogP contribution in [0.2, 0.25) is 0 Å². The Labute approximate surface area is 121 Å². The predicted molar refractivity (Wildman–Crippen MR) is 73.0 cm³/mol. The maximum absolute atomic E-state index is 11.9. The van der Waals surface area contributed by atoms with E-state index in [-0.39, 0.29) is 24.6 Å². The molecule has 0 fully saturated rings. The number of aliphatic hydroxyl groups excluding tert-OH is 1. The number of aliphatic hydroxyl groups is 1. The average molecular weight is 298 g/mol. The van der Waals surface area contributed by atoms with Crippen molar-refractivity contribution in [2.24, 2.45) is 0 Å². The molecule has 6 nitrogen and oxygen atoms in total. The number of fused-ring (bicyclic) bond motifs is 1. The average Bonchev–Trinajstić information content (AvgIpc) is 2.87. The van der Waals surface area contributed by atoms with Gasteiger partial charge in [0.1, 0.15) is 11.5 Å². The van der Waals surface area contributed by atoms with Crippen molar-refractivity contribution in [1.29, 1.82) is 0 Å². The molecule has 1 unspecified atom stereocenters. The number of quaternary nitrogens is 1. The molecule has 1 aliphatic rings. The van der Waals surface area contributed by atoms with Gasteiger partial charge in [0, 0.05) is 10.4 Å². The van der Waals surface area contributed by atoms with Crippen LogP contribution in [0.5, 0.6) is 0 Å². The van der Waals surface area contributed by atoms with Gasteiger partial charge in [0.25, 0.3) is 5.91 Å². The van der Waals surface area contributed by atoms with Crippen molar-refractivity contribution in [2.75, 3.05) is 32.1 Å². The molecule has 7 heteroatoms. The number of hydrogen-bond donors (Lipinski definition) is 3. The number of carbonyl (C=O) groups excluding carboxylic acids is 2. The Bertz CT molecular complexity index is 527. The van der Waals surface area contributed by atoms with Gasteiger partial charge in [0.05, 0.1) is 19.6 Å². The zero-order valence-corrected chi connectivity index (χ0v) is 12.1. The SMILES string of the molecule is C[NH+](CCO)CC(=O)Nc1sc2c(c1C(=O)[O-])CCC2. The molecule has 1 heterocycles. The van der Waals surface area contributed by atoms with Crippen LogP contribution in [0.1, 0.15) is 27.2 Å². The minimum atomic E-state index is -1.23. The topological polar surface area (TPSA) is 93.9 Å². The summed E-state index contributed by atoms with van der Waals surface area (Å²) in [6.45, 7) is 0.675. The largest absolute Gasteiger partial charge is 0.545 e. The van der Waals surface area contributed by atoms with E-state index in [0.717, 1.165) is 34.6 Å². The van der Waals surface area contributed by atoms with E-state index >= 15 is 0 Å². The third-order valence-corrected chi connectivity index (χ3v) is 4.59. The maximum atomic E-state index is 11.9. The first-order chi connectivity index (χ1) is 9.52. The van der Waals surface area contributed by atoms with E-state index in [2.05, 4.69) is 5.32 Å². The number of carbonyl (C=O) groups is 2. The number of nitrogens with one attached hydrogen (secondary N) is 2. The number of amides is 1. The van der Waals surface area contributed by atoms with Crippen molar-refractivity contribution in [3.63, 3.8) is 0 Å². The maximum Gasteiger partial charge on any atom is 0.280 e. The number of aryl methyl sites for hydroxylation is 1. The molecule has 1 aromatic rings. The van der Waals surface area contributed by atoms with E-state index in [4.69, 9.17) is 5.11 Å². The molecule has 0 aliphatic heterocycles. The lowest BCUT2D eigenvalue weighted by atomic mass is 10.1. The molecule has 2 rings (SSSR count). The lowest BCUT2D eigenvalue weighted by Gasteiger charge is -2.13. The third-order valence-electron chi connectivity index (χ3n) is 3.38. The number of rotatable bonds is 6. The van der Waals surface area contributed by atoms with Crippen LogP contribution in [0.15, 0.2) is 0 Å². The first-order valence-corrected chi connectivity index (χ1v) is 7.42. The summed E-state index contributed by atoms with van der Waals surface area (Å²) >= 11 is 1.33. The normalized spacial score (nSPS) is 14.9. The van der Waals surface area contributed by atoms with E-state index in [1.165, 1.54) is 11.3 Å². The summed E-state index contributed by atoms with van der Waals surface area (Å²) in [5, 5.41) is 23.1. The molecule has 0 radical (unpaired) electrons. The second kappa shape index (κ2) is 6.34. The van der Waals surface area contributed by atoms with Gasteiger partial charge in [-0.2, -0.15) is 0 Å². The summed E-state index contributed by atoms with van der Waals surface area (Å²) in [5.41, 5.74) is 0.969. The lowest BCUT2D eigenvalue weighted by molar-refractivity contribution is -0.871. The molecule has 0 bridgehead atoms. The van der Waals surface area contributed by atoms with Gasteiger partial charge in [-0.15, -0.1) is 11.3 Å². The molecule has 1 aromatic heterocycles. The van der Waals surface area contributed by atoms with E-state index in [9.17, 15) is 14.7 Å². The molecule has 3 N–H and O–H groups in total. The van der Waals surface area contributed by atoms with Crippen molar-refractivity contribution in [3.05, 3.63) is 16.0 Å². The van der Waals surface area contributed by atoms with Crippen molar-refractivity contribution in [1.82, 2.24) is 0 Å². The van der Waals surface area contributed by atoms with Crippen LogP contribution in [0.3, 0.4) is 0 Å². The predicted octanol–water partition coefficient (Wildman–Crippen LogP) is -1.95. The molecular weight excluding hydrogens is 280 g/mol. The van der Waals surface area contributed by atoms with Crippen LogP contribution in [0, 0.1) is 0 Å². The Morgan fingerprint density at radius 3 is 2.85 bits per heavy atom. The highest BCUT2D eigenvalue weighted by Gasteiger charge is 2.24. The Morgan fingerprint density at radius 2 is 2.20 bits per heavy atom. The molecule has 1 amide bonds. The molecule has 0 aromatic carbocycles. The summed E-state index contributed by atoms with van der Waals surface area (Å²) in [6.07, 6.45) is 2.56. The molecular formula is C13H18N2O4S. The number of aromatic carboxylic acids is 1. The monoisotopic (exact) mass is 298 g/mol. The molecule has 110 valence electrons. The van der Waals surface area contributed by atoms with Crippen LogP contribution in [-0.2, 0) is 17.6 Å². The standard InChI is InChI=1S/C13H18N2O4S/c1-15(5-6-16)7-10(17)14-12-11(13(18)19)8-3-2-4-9(8)20-12/h16H,2-7H2,1H3,(H,14,17)(H,18,19). The minimum Gasteiger partial charge on any atom is -0.545 e. The zero-order valence-electron chi connectivity index (χ0n) is 11.3. The van der Waals surface area contributed by atoms with Gasteiger partial charge >= 0.3 is 0 Å². The van der Waals surface area contributed by atoms with Gasteiger partial charge < -0.3 is 25.2 Å². The van der Waals surface area contributed by atoms with Gasteiger partial charge in [-0.3, -0.25) is 4.79 Å². The quantitative estimate of drug-likeness (QED) is 0.569. The second-order valence-electron chi connectivity index (χ2n) is 5.00. The van der Waals surface area contributed by atoms with Crippen LogP contribution in [0.4, 0.5) is 5.00 Å². The number of carboxylic acid groups (broad SMARTS) is 1. The van der Waals surface area contributed by atoms with E-state index in [1.54, 1.807) is 7.05 Å². The fraction of sp³-hybridized carbons (Fsp3) is 0.538. The van der Waals surface area contributed by atoms with Crippen molar-refractivity contribution in [2.45, 2.75) is 19.3 Å². The fourth-order valence-corrected chi connectivity index (χ4v) is 3.73. The highest BCUT2D eigenvalue weighted by molar-refractivity contribution is 7.17. The summed E-state index contributed by atoms with van der Waals surface area (Å²) in [4.78, 5) is 25.0. The molecule has 20 heavy (non-hydrogen) atoms. The Kier molecular flexibility index (Phi) is 4.74. The number of carboxylic acids is 1. The lowest BCUT2D eigenvalue weighted by Crippen LogP contribution is -3.10. The molecule has 0 saturated heterocycles. The third kappa shape index (κ3) is 3.17. The smallest absolute Gasteiger partial charge is 0.280 e. The number of likely N-dealkylation sites (N-methyl/N-ethyl adjacent to an activating group) is 1. The molecule has 0 spiro atoms. The Hall–Kier alpha value is -1.44. The van der Waals surface area contributed by atoms with Crippen LogP contribution in [0.25, 0.3) is 0 Å². The van der Waals surface area contributed by atoms with Crippen molar-refractivity contribution < 1.29 is 24.7 Å². The molecule has 1 atom stereocenters. The van der Waals surface area contributed by atoms with Gasteiger partial charge in [-0.25, -0.2) is 0 Å². The van der Waals surface area contributed by atoms with E-state index in [1.807, 2.05) is 0 Å². The van der Waals surface area contributed by atoms with Crippen LogP contribution in [-0.4, -0.2) is 43.7 Å². The van der Waals surface area contributed by atoms with Crippen LogP contribution < -0.4 is 15.3 Å². The highest BCUT2D eigenvalue weighted by Crippen LogP contribution is 2.38. The molecule has 1 aliphatic carbocycles. The Balaban J connectivity index is 2.10. The zero-order chi connectivity index (χ0) is 14.7. The highest BCUT2D eigenvalue weighted by atomic mass is 32.1. The summed E-state index contributed by atoms with van der Waals surface area (Å²) in [6, 6.07) is 0. The molecule has 0 saturated carbocycles. The first kappa shape index (κ1) is 15.0. The summed E-state index contributed by atoms with van der Waals surface area (Å²) < 4.78 is 0. The summed E-state index contributed by atoms with van der Waals surface area (Å²) in [7, 11) is 1.80. The van der Waals surface area contributed by atoms with Crippen molar-refractivity contribution in [3.8, 4) is 0 Å². The van der Waals surface area contributed by atoms with Crippen LogP contribution >= 0.6 is 11.3 Å². The van der Waals surface area contributed by atoms with Crippen molar-refractivity contribution >= 4 is 28.2 Å². The fourth-order valence-electron chi connectivity index (χ4n) is 2.43. The van der Waals surface area contributed by atoms with E-state index in [0.29, 0.717) is 11.5 Å². The number of hydrogen-bond acceptors (Lipinski definition) is 5. The van der Waals surface area contributed by atoms with Gasteiger partial charge in [-0.05, 0) is 24.8 Å². The first-order valence-electron chi connectivity index (χ1n) is 6.60. The van der Waals surface area contributed by atoms with Gasteiger partial charge in [0.15, 0.2) is 6.54 Å². The van der Waals surface area contributed by atoms with E-state index < -0.39 is 5.97 Å². The number of thiophene rings is 1. The Morgan fingerprint density at radius 1 is 1.45 bits per heavy atom. The summed E-state index contributed by atoms with van der Waals surface area (Å²) in [5.74, 6) is -1.48. The number of anilines is 1. The minimum absolute atomic E-state index is 0.0106.